The van der Waals surface area contributed by atoms with Gasteiger partial charge >= 0.3 is 11.8 Å². The largest absolute Gasteiger partial charge is 0.395 e. The van der Waals surface area contributed by atoms with Crippen LogP contribution in [-0.2, 0) is 9.59 Å². The van der Waals surface area contributed by atoms with Crippen LogP contribution in [0.5, 0.6) is 0 Å². The van der Waals surface area contributed by atoms with E-state index < -0.39 is 11.8 Å². The lowest BCUT2D eigenvalue weighted by Gasteiger charge is -2.56. The van der Waals surface area contributed by atoms with Crippen LogP contribution in [0.1, 0.15) is 38.5 Å². The number of aliphatic hydroxyl groups is 2. The Bertz CT molecular complexity index is 410. The van der Waals surface area contributed by atoms with E-state index in [4.69, 9.17) is 10.2 Å². The lowest BCUT2D eigenvalue weighted by atomic mass is 9.53. The van der Waals surface area contributed by atoms with Crippen molar-refractivity contribution in [2.75, 3.05) is 26.3 Å². The fourth-order valence-electron chi connectivity index (χ4n) is 5.26. The number of nitrogens with zero attached hydrogens (tertiary/aromatic N) is 1. The predicted octanol–water partition coefficient (Wildman–Crippen LogP) is -0.115. The zero-order valence-electron chi connectivity index (χ0n) is 13.0. The first kappa shape index (κ1) is 15.7. The van der Waals surface area contributed by atoms with Gasteiger partial charge < -0.3 is 20.4 Å². The van der Waals surface area contributed by atoms with Crippen molar-refractivity contribution >= 4 is 11.8 Å². The van der Waals surface area contributed by atoms with Crippen LogP contribution in [0.4, 0.5) is 0 Å². The second-order valence-electron chi connectivity index (χ2n) is 7.39. The molecule has 0 atom stereocenters. The Labute approximate surface area is 130 Å². The molecule has 0 aliphatic heterocycles. The van der Waals surface area contributed by atoms with Gasteiger partial charge in [-0.3, -0.25) is 9.59 Å². The molecule has 0 aromatic carbocycles. The number of hydrogen-bond donors (Lipinski definition) is 3. The maximum atomic E-state index is 12.4. The number of nitrogens with one attached hydrogen (secondary N) is 1. The van der Waals surface area contributed by atoms with Gasteiger partial charge in [0.15, 0.2) is 0 Å². The Hall–Kier alpha value is -1.14. The highest BCUT2D eigenvalue weighted by molar-refractivity contribution is 6.35. The van der Waals surface area contributed by atoms with E-state index in [2.05, 4.69) is 5.32 Å². The normalized spacial score (nSPS) is 35.5. The molecule has 4 aliphatic carbocycles. The molecular weight excluding hydrogens is 284 g/mol. The predicted molar refractivity (Wildman–Crippen MR) is 79.8 cm³/mol. The molecule has 4 fully saturated rings. The molecule has 4 bridgehead atoms. The van der Waals surface area contributed by atoms with Crippen molar-refractivity contribution in [3.8, 4) is 0 Å². The first-order valence-electron chi connectivity index (χ1n) is 8.38. The van der Waals surface area contributed by atoms with Crippen molar-refractivity contribution in [3.05, 3.63) is 0 Å². The highest BCUT2D eigenvalue weighted by atomic mass is 16.3. The molecular formula is C16H26N2O4. The topological polar surface area (TPSA) is 89.9 Å². The average Bonchev–Trinajstić information content (AvgIpc) is 2.44. The Morgan fingerprint density at radius 3 is 1.82 bits per heavy atom. The molecule has 4 rings (SSSR count). The van der Waals surface area contributed by atoms with Crippen LogP contribution in [0, 0.1) is 17.8 Å². The summed E-state index contributed by atoms with van der Waals surface area (Å²) in [5.74, 6) is 0.885. The maximum Gasteiger partial charge on any atom is 0.312 e. The molecule has 0 aromatic heterocycles. The van der Waals surface area contributed by atoms with E-state index in [1.54, 1.807) is 0 Å². The molecule has 0 heterocycles. The molecule has 0 unspecified atom stereocenters. The molecule has 0 saturated heterocycles. The molecule has 22 heavy (non-hydrogen) atoms. The van der Waals surface area contributed by atoms with Gasteiger partial charge in [0, 0.05) is 18.6 Å². The molecule has 4 aliphatic rings. The summed E-state index contributed by atoms with van der Waals surface area (Å²) in [7, 11) is 0. The molecule has 6 nitrogen and oxygen atoms in total. The highest BCUT2D eigenvalue weighted by Crippen LogP contribution is 2.55. The highest BCUT2D eigenvalue weighted by Gasteiger charge is 2.52. The molecule has 124 valence electrons. The fraction of sp³-hybridized carbons (Fsp3) is 0.875. The summed E-state index contributed by atoms with van der Waals surface area (Å²) in [6.07, 6.45) is 6.84. The summed E-state index contributed by atoms with van der Waals surface area (Å²) in [6, 6.07) is 0. The summed E-state index contributed by atoms with van der Waals surface area (Å²) in [6.45, 7) is -0.270. The summed E-state index contributed by atoms with van der Waals surface area (Å²) < 4.78 is 0. The Kier molecular flexibility index (Phi) is 4.41. The van der Waals surface area contributed by atoms with E-state index >= 15 is 0 Å². The first-order chi connectivity index (χ1) is 10.5. The van der Waals surface area contributed by atoms with Crippen molar-refractivity contribution in [1.29, 1.82) is 0 Å². The molecule has 6 heteroatoms. The zero-order valence-corrected chi connectivity index (χ0v) is 13.0. The van der Waals surface area contributed by atoms with Gasteiger partial charge in [-0.15, -0.1) is 0 Å². The number of rotatable bonds is 5. The van der Waals surface area contributed by atoms with Crippen molar-refractivity contribution < 1.29 is 19.8 Å². The third kappa shape index (κ3) is 2.99. The van der Waals surface area contributed by atoms with Crippen molar-refractivity contribution in [2.24, 2.45) is 17.8 Å². The van der Waals surface area contributed by atoms with Gasteiger partial charge in [0.2, 0.25) is 0 Å². The molecule has 2 amide bonds. The second kappa shape index (κ2) is 6.16. The molecule has 0 spiro atoms. The van der Waals surface area contributed by atoms with Gasteiger partial charge in [0.25, 0.3) is 0 Å². The smallest absolute Gasteiger partial charge is 0.312 e. The van der Waals surface area contributed by atoms with Crippen LogP contribution in [0.2, 0.25) is 0 Å². The maximum absolute atomic E-state index is 12.4. The first-order valence-corrected chi connectivity index (χ1v) is 8.38. The summed E-state index contributed by atoms with van der Waals surface area (Å²) >= 11 is 0. The third-order valence-electron chi connectivity index (χ3n) is 5.64. The molecule has 4 saturated carbocycles. The Morgan fingerprint density at radius 1 is 0.955 bits per heavy atom. The second-order valence-corrected chi connectivity index (χ2v) is 7.39. The van der Waals surface area contributed by atoms with Crippen LogP contribution in [0.3, 0.4) is 0 Å². The zero-order chi connectivity index (χ0) is 15.7. The summed E-state index contributed by atoms with van der Waals surface area (Å²) in [5, 5.41) is 21.0. The minimum absolute atomic E-state index is 0.0771. The van der Waals surface area contributed by atoms with Crippen LogP contribution >= 0.6 is 0 Å². The Morgan fingerprint density at radius 2 is 1.41 bits per heavy atom. The van der Waals surface area contributed by atoms with Crippen LogP contribution in [-0.4, -0.2) is 58.8 Å². The van der Waals surface area contributed by atoms with Crippen LogP contribution < -0.4 is 5.32 Å². The standard InChI is InChI=1S/C16H26N2O4/c19-3-1-18(2-4-20)15(22)14(21)17-16-8-11-5-12(9-16)7-13(6-11)10-16/h11-13,19-20H,1-10H2,(H,17,21). The minimum Gasteiger partial charge on any atom is -0.395 e. The minimum atomic E-state index is -0.640. The lowest BCUT2D eigenvalue weighted by molar-refractivity contribution is -0.149. The van der Waals surface area contributed by atoms with E-state index in [-0.39, 0.29) is 31.8 Å². The number of carbonyl (C=O) groups is 2. The van der Waals surface area contributed by atoms with Gasteiger partial charge in [-0.05, 0) is 56.3 Å². The quantitative estimate of drug-likeness (QED) is 0.618. The van der Waals surface area contributed by atoms with E-state index in [9.17, 15) is 9.59 Å². The van der Waals surface area contributed by atoms with Crippen molar-refractivity contribution in [2.45, 2.75) is 44.1 Å². The van der Waals surface area contributed by atoms with Gasteiger partial charge in [-0.25, -0.2) is 0 Å². The van der Waals surface area contributed by atoms with Crippen LogP contribution in [0.25, 0.3) is 0 Å². The summed E-state index contributed by atoms with van der Waals surface area (Å²) in [4.78, 5) is 25.8. The van der Waals surface area contributed by atoms with Crippen molar-refractivity contribution in [1.82, 2.24) is 10.2 Å². The monoisotopic (exact) mass is 310 g/mol. The van der Waals surface area contributed by atoms with Gasteiger partial charge in [-0.2, -0.15) is 0 Å². The molecule has 3 N–H and O–H groups in total. The molecule has 0 radical (unpaired) electrons. The van der Waals surface area contributed by atoms with Crippen molar-refractivity contribution in [3.63, 3.8) is 0 Å². The average molecular weight is 310 g/mol. The van der Waals surface area contributed by atoms with E-state index in [1.165, 1.54) is 24.2 Å². The fourth-order valence-corrected chi connectivity index (χ4v) is 5.26. The summed E-state index contributed by atoms with van der Waals surface area (Å²) in [5.41, 5.74) is -0.189. The molecule has 0 aromatic rings. The lowest BCUT2D eigenvalue weighted by Crippen LogP contribution is -2.62. The Balaban J connectivity index is 1.64. The van der Waals surface area contributed by atoms with Gasteiger partial charge in [0.05, 0.1) is 13.2 Å². The number of aliphatic hydroxyl groups excluding tert-OH is 2. The van der Waals surface area contributed by atoms with Gasteiger partial charge in [0.1, 0.15) is 0 Å². The van der Waals surface area contributed by atoms with Crippen LogP contribution in [0.15, 0.2) is 0 Å². The SMILES string of the molecule is O=C(NC12CC3CC(CC(C3)C1)C2)C(=O)N(CCO)CCO. The van der Waals surface area contributed by atoms with E-state index in [1.807, 2.05) is 0 Å². The number of carbonyl (C=O) groups excluding carboxylic acids is 2. The van der Waals surface area contributed by atoms with Gasteiger partial charge in [-0.1, -0.05) is 0 Å². The third-order valence-corrected chi connectivity index (χ3v) is 5.64. The number of amides is 2. The van der Waals surface area contributed by atoms with E-state index in [0.717, 1.165) is 19.3 Å². The van der Waals surface area contributed by atoms with E-state index in [0.29, 0.717) is 17.8 Å². The number of hydrogen-bond acceptors (Lipinski definition) is 4.